The van der Waals surface area contributed by atoms with Crippen molar-refractivity contribution in [2.24, 2.45) is 5.92 Å². The smallest absolute Gasteiger partial charge is 0.156 e. The van der Waals surface area contributed by atoms with E-state index in [2.05, 4.69) is 36.6 Å². The van der Waals surface area contributed by atoms with E-state index in [1.807, 2.05) is 18.2 Å². The zero-order valence-corrected chi connectivity index (χ0v) is 22.9. The summed E-state index contributed by atoms with van der Waals surface area (Å²) in [5.74, 6) is 0.335. The number of hydrogen-bond donors (Lipinski definition) is 2. The Bertz CT molecular complexity index is 1250. The van der Waals surface area contributed by atoms with Crippen LogP contribution in [0.1, 0.15) is 79.2 Å². The van der Waals surface area contributed by atoms with Crippen LogP contribution in [0.4, 0.5) is 0 Å². The van der Waals surface area contributed by atoms with Crippen LogP contribution >= 0.6 is 11.8 Å². The number of thioether (sulfide) groups is 1. The summed E-state index contributed by atoms with van der Waals surface area (Å²) < 4.78 is 5.91. The number of aryl methyl sites for hydroxylation is 1. The second kappa shape index (κ2) is 12.1. The second-order valence-electron chi connectivity index (χ2n) is 10.9. The fourth-order valence-electron chi connectivity index (χ4n) is 6.28. The number of hydrogen-bond acceptors (Lipinski definition) is 6. The van der Waals surface area contributed by atoms with Crippen molar-refractivity contribution >= 4 is 29.0 Å². The number of Topliss-reactive ketones (excluding diaryl/α,β-unsaturated/α-hetero) is 1. The highest BCUT2D eigenvalue weighted by Crippen LogP contribution is 2.42. The first-order valence-electron chi connectivity index (χ1n) is 13.8. The molecule has 5 nitrogen and oxygen atoms in total. The van der Waals surface area contributed by atoms with Gasteiger partial charge in [0, 0.05) is 48.1 Å². The third kappa shape index (κ3) is 6.03. The highest BCUT2D eigenvalue weighted by molar-refractivity contribution is 7.98. The Labute approximate surface area is 229 Å². The maximum absolute atomic E-state index is 12.8. The molecule has 0 radical (unpaired) electrons. The van der Waals surface area contributed by atoms with Crippen LogP contribution in [0, 0.1) is 11.3 Å². The molecule has 2 bridgehead atoms. The summed E-state index contributed by atoms with van der Waals surface area (Å²) in [5, 5.41) is 18.6. The number of aliphatic hydroxyl groups excluding tert-OH is 1. The molecule has 4 atom stereocenters. The Balaban J connectivity index is 1.15. The molecule has 1 saturated heterocycles. The van der Waals surface area contributed by atoms with Gasteiger partial charge in [-0.3, -0.25) is 9.59 Å². The minimum Gasteiger partial charge on any atom is -0.390 e. The number of allylic oxidation sites excluding steroid dienone is 2. The van der Waals surface area contributed by atoms with Gasteiger partial charge in [-0.1, -0.05) is 42.0 Å². The van der Waals surface area contributed by atoms with Crippen LogP contribution in [0.2, 0.25) is 0 Å². The van der Waals surface area contributed by atoms with Gasteiger partial charge >= 0.3 is 0 Å². The summed E-state index contributed by atoms with van der Waals surface area (Å²) >= 11 is 1.75. The minimum atomic E-state index is -0.603. The molecule has 6 heteroatoms. The van der Waals surface area contributed by atoms with Crippen molar-refractivity contribution in [2.45, 2.75) is 80.8 Å². The molecule has 3 aliphatic rings. The Morgan fingerprint density at radius 2 is 1.97 bits per heavy atom. The van der Waals surface area contributed by atoms with E-state index in [1.54, 1.807) is 11.8 Å². The standard InChI is InChI=1S/C32H37NO4S/c1-38-32-8-3-2-6-26(32)25-7-4-5-21(25)16-24(35)14-13-23(34)12-10-20-9-11-22-17-29(33)28-18-31(27(22)15-20)37-19-30(28)36/h2-3,6,8-9,11,15-16,25,28,30-31,33,36H,4-5,7,10,12-14,17-19H2,1H3/b21-16+,33-29?/t25-,28+,30+,31-/m0/s1. The molecule has 2 N–H and O–H groups in total. The first-order chi connectivity index (χ1) is 18.4. The molecule has 2 fully saturated rings. The lowest BCUT2D eigenvalue weighted by atomic mass is 9.89. The fourth-order valence-corrected chi connectivity index (χ4v) is 6.94. The topological polar surface area (TPSA) is 87.5 Å². The Kier molecular flexibility index (Phi) is 8.61. The number of ether oxygens (including phenoxy) is 1. The van der Waals surface area contributed by atoms with Gasteiger partial charge in [-0.2, -0.15) is 0 Å². The Hall–Kier alpha value is -2.54. The number of carbonyl (C=O) groups is 2. The summed E-state index contributed by atoms with van der Waals surface area (Å²) in [5.41, 5.74) is 6.34. The van der Waals surface area contributed by atoms with Crippen LogP contribution in [0.5, 0.6) is 0 Å². The number of carbonyl (C=O) groups excluding carboxylic acids is 2. The zero-order valence-electron chi connectivity index (χ0n) is 22.1. The molecule has 1 saturated carbocycles. The van der Waals surface area contributed by atoms with Gasteiger partial charge in [0.15, 0.2) is 5.78 Å². The summed E-state index contributed by atoms with van der Waals surface area (Å²) in [4.78, 5) is 26.7. The molecule has 5 rings (SSSR count). The third-order valence-corrected chi connectivity index (χ3v) is 9.21. The van der Waals surface area contributed by atoms with E-state index < -0.39 is 6.10 Å². The molecule has 1 heterocycles. The van der Waals surface area contributed by atoms with Gasteiger partial charge in [-0.15, -0.1) is 11.8 Å². The normalized spacial score (nSPS) is 25.7. The van der Waals surface area contributed by atoms with Gasteiger partial charge in [0.05, 0.1) is 18.8 Å². The molecular formula is C32H37NO4S. The summed E-state index contributed by atoms with van der Waals surface area (Å²) in [6, 6.07) is 14.7. The van der Waals surface area contributed by atoms with Crippen LogP contribution in [0.15, 0.2) is 59.0 Å². The lowest BCUT2D eigenvalue weighted by Crippen LogP contribution is -2.37. The van der Waals surface area contributed by atoms with E-state index >= 15 is 0 Å². The van der Waals surface area contributed by atoms with E-state index in [4.69, 9.17) is 10.1 Å². The highest BCUT2D eigenvalue weighted by atomic mass is 32.2. The maximum atomic E-state index is 12.8. The van der Waals surface area contributed by atoms with Crippen molar-refractivity contribution in [3.8, 4) is 0 Å². The van der Waals surface area contributed by atoms with Crippen molar-refractivity contribution in [1.82, 2.24) is 0 Å². The van der Waals surface area contributed by atoms with E-state index in [9.17, 15) is 14.7 Å². The van der Waals surface area contributed by atoms with E-state index in [-0.39, 0.29) is 43.0 Å². The van der Waals surface area contributed by atoms with Gasteiger partial charge in [-0.25, -0.2) is 0 Å². The quantitative estimate of drug-likeness (QED) is 0.299. The van der Waals surface area contributed by atoms with Crippen LogP contribution in [-0.4, -0.2) is 41.4 Å². The molecule has 1 aliphatic heterocycles. The summed E-state index contributed by atoms with van der Waals surface area (Å²) in [6.45, 7) is 0.259. The maximum Gasteiger partial charge on any atom is 0.156 e. The third-order valence-electron chi connectivity index (χ3n) is 8.40. The molecule has 0 amide bonds. The largest absolute Gasteiger partial charge is 0.390 e. The van der Waals surface area contributed by atoms with Gasteiger partial charge in [0.1, 0.15) is 5.78 Å². The average molecular weight is 532 g/mol. The van der Waals surface area contributed by atoms with Crippen LogP contribution in [0.25, 0.3) is 0 Å². The number of fused-ring (bicyclic) bond motifs is 4. The van der Waals surface area contributed by atoms with Crippen molar-refractivity contribution in [3.63, 3.8) is 0 Å². The highest BCUT2D eigenvalue weighted by Gasteiger charge is 2.37. The second-order valence-corrected chi connectivity index (χ2v) is 11.7. The predicted molar refractivity (Wildman–Crippen MR) is 151 cm³/mol. The van der Waals surface area contributed by atoms with Crippen LogP contribution in [-0.2, 0) is 27.2 Å². The number of rotatable bonds is 9. The van der Waals surface area contributed by atoms with Crippen LogP contribution < -0.4 is 0 Å². The summed E-state index contributed by atoms with van der Waals surface area (Å²) in [7, 11) is 0. The number of aliphatic hydroxyl groups is 1. The Morgan fingerprint density at radius 1 is 1.13 bits per heavy atom. The Morgan fingerprint density at radius 3 is 2.82 bits per heavy atom. The summed E-state index contributed by atoms with van der Waals surface area (Å²) in [6.07, 6.45) is 9.09. The van der Waals surface area contributed by atoms with Gasteiger partial charge < -0.3 is 15.3 Å². The first kappa shape index (κ1) is 27.0. The molecule has 200 valence electrons. The van der Waals surface area contributed by atoms with Gasteiger partial charge in [-0.05, 0) is 72.8 Å². The molecule has 2 aromatic carbocycles. The average Bonchev–Trinajstić information content (AvgIpc) is 3.34. The fraction of sp³-hybridized carbons (Fsp3) is 0.469. The first-order valence-corrected chi connectivity index (χ1v) is 15.0. The molecule has 2 aromatic rings. The predicted octanol–water partition coefficient (Wildman–Crippen LogP) is 6.17. The van der Waals surface area contributed by atoms with Crippen molar-refractivity contribution in [2.75, 3.05) is 12.9 Å². The van der Waals surface area contributed by atoms with E-state index in [0.29, 0.717) is 37.3 Å². The van der Waals surface area contributed by atoms with Crippen molar-refractivity contribution in [3.05, 3.63) is 76.4 Å². The van der Waals surface area contributed by atoms with Crippen molar-refractivity contribution < 1.29 is 19.4 Å². The van der Waals surface area contributed by atoms with E-state index in [0.717, 1.165) is 36.0 Å². The molecule has 0 aromatic heterocycles. The van der Waals surface area contributed by atoms with Gasteiger partial charge in [0.25, 0.3) is 0 Å². The number of nitrogens with one attached hydrogen (secondary N) is 1. The SMILES string of the molecule is CSc1ccccc1[C@H]1CCC/C1=C\C(=O)CCC(=O)CCc1ccc2c(c1)[C@@H]1C[C@H](C(=N)C2)[C@H](O)CO1. The van der Waals surface area contributed by atoms with E-state index in [1.165, 1.54) is 16.0 Å². The number of benzene rings is 2. The molecular weight excluding hydrogens is 494 g/mol. The lowest BCUT2D eigenvalue weighted by Gasteiger charge is -2.32. The molecule has 0 unspecified atom stereocenters. The molecule has 2 aliphatic carbocycles. The lowest BCUT2D eigenvalue weighted by molar-refractivity contribution is -0.122. The van der Waals surface area contributed by atoms with Crippen molar-refractivity contribution in [1.29, 1.82) is 5.41 Å². The van der Waals surface area contributed by atoms with Gasteiger partial charge in [0.2, 0.25) is 0 Å². The molecule has 38 heavy (non-hydrogen) atoms. The van der Waals surface area contributed by atoms with Crippen LogP contribution in [0.3, 0.4) is 0 Å². The minimum absolute atomic E-state index is 0.0561. The number of ketones is 2. The molecule has 0 spiro atoms. The zero-order chi connectivity index (χ0) is 26.6. The monoisotopic (exact) mass is 531 g/mol.